The summed E-state index contributed by atoms with van der Waals surface area (Å²) >= 11 is 0. The fraction of sp³-hybridized carbons (Fsp3) is 0.300. The van der Waals surface area contributed by atoms with Crippen LogP contribution >= 0.6 is 0 Å². The normalized spacial score (nSPS) is 10.6. The molecule has 0 N–H and O–H groups in total. The Kier molecular flexibility index (Phi) is 5.57. The van der Waals surface area contributed by atoms with Crippen molar-refractivity contribution < 1.29 is 34.0 Å². The maximum Gasteiger partial charge on any atom is 0.122 e. The number of hydrogen-bond acceptors (Lipinski definition) is 3. The van der Waals surface area contributed by atoms with E-state index in [0.29, 0.717) is 0 Å². The van der Waals surface area contributed by atoms with Crippen LogP contribution in [0.3, 0.4) is 0 Å². The fourth-order valence-electron chi connectivity index (χ4n) is 1.11. The summed E-state index contributed by atoms with van der Waals surface area (Å²) in [6.45, 7) is 3.99. The van der Waals surface area contributed by atoms with E-state index in [0.717, 1.165) is 12.0 Å². The number of rotatable bonds is 3. The van der Waals surface area contributed by atoms with Crippen LogP contribution in [-0.2, 0) is 31.2 Å². The van der Waals surface area contributed by atoms with Gasteiger partial charge in [-0.1, -0.05) is 20.3 Å². The van der Waals surface area contributed by atoms with Crippen molar-refractivity contribution in [3.63, 3.8) is 0 Å². The van der Waals surface area contributed by atoms with E-state index in [9.17, 15) is 13.0 Å². The average Bonchev–Trinajstić information content (AvgIpc) is 2.15. The minimum atomic E-state index is -4.31. The van der Waals surface area contributed by atoms with E-state index in [1.165, 1.54) is 18.1 Å². The van der Waals surface area contributed by atoms with Crippen molar-refractivity contribution in [2.45, 2.75) is 25.2 Å². The van der Waals surface area contributed by atoms with Gasteiger partial charge in [0, 0.05) is 26.0 Å². The molecule has 0 amide bonds. The Morgan fingerprint density at radius 1 is 1.27 bits per heavy atom. The zero-order valence-corrected chi connectivity index (χ0v) is 12.3. The van der Waals surface area contributed by atoms with Gasteiger partial charge in [0.05, 0.1) is 0 Å². The molecular weight excluding hydrogens is 384 g/mol. The maximum absolute atomic E-state index is 10.6. The third-order valence-corrected chi connectivity index (χ3v) is 3.02. The van der Waals surface area contributed by atoms with Crippen molar-refractivity contribution in [3.05, 3.63) is 35.7 Å². The monoisotopic (exact) mass is 396 g/mol. The molecule has 3 nitrogen and oxygen atoms in total. The zero-order chi connectivity index (χ0) is 10.8. The fourth-order valence-corrected chi connectivity index (χ4v) is 1.58. The Morgan fingerprint density at radius 3 is 2.07 bits per heavy atom. The summed E-state index contributed by atoms with van der Waals surface area (Å²) in [6, 6.07) is 6.00. The molecule has 0 aromatic heterocycles. The van der Waals surface area contributed by atoms with Gasteiger partial charge in [0.25, 0.3) is 0 Å². The van der Waals surface area contributed by atoms with E-state index in [1.54, 1.807) is 12.1 Å². The van der Waals surface area contributed by atoms with Gasteiger partial charge in [-0.25, -0.2) is 8.42 Å². The van der Waals surface area contributed by atoms with E-state index >= 15 is 0 Å². The molecule has 0 aliphatic heterocycles. The van der Waals surface area contributed by atoms with Crippen LogP contribution in [0.5, 0.6) is 0 Å². The standard InChI is InChI=1S/C10H13O3S.W/c1-3-8(2)9-4-6-10(7-5-9)14(11,12)13;/h4-7H,3H2,1-2H3,(H,11,12,13);/q-1;/p-1. The molecule has 0 aliphatic rings. The molecule has 5 heteroatoms. The van der Waals surface area contributed by atoms with Gasteiger partial charge in [-0.05, 0) is 0 Å². The predicted octanol–water partition coefficient (Wildman–Crippen LogP) is 1.94. The first kappa shape index (κ1) is 14.7. The van der Waals surface area contributed by atoms with Crippen molar-refractivity contribution in [1.82, 2.24) is 0 Å². The Bertz CT molecular complexity index is 397. The van der Waals surface area contributed by atoms with Gasteiger partial charge in [-0.15, -0.1) is 12.1 Å². The van der Waals surface area contributed by atoms with E-state index < -0.39 is 10.1 Å². The molecule has 15 heavy (non-hydrogen) atoms. The molecule has 0 unspecified atom stereocenters. The maximum atomic E-state index is 10.6. The molecule has 1 aromatic rings. The molecule has 0 fully saturated rings. The van der Waals surface area contributed by atoms with Crippen molar-refractivity contribution in [1.29, 1.82) is 0 Å². The third kappa shape index (κ3) is 3.98. The van der Waals surface area contributed by atoms with Gasteiger partial charge < -0.3 is 4.55 Å². The molecule has 0 saturated heterocycles. The predicted molar refractivity (Wildman–Crippen MR) is 52.7 cm³/mol. The molecule has 1 aromatic carbocycles. The van der Waals surface area contributed by atoms with Gasteiger partial charge in [-0.3, -0.25) is 0 Å². The topological polar surface area (TPSA) is 57.2 Å². The first-order chi connectivity index (χ1) is 6.45. The van der Waals surface area contributed by atoms with E-state index in [2.05, 4.69) is 0 Å². The average molecular weight is 396 g/mol. The minimum absolute atomic E-state index is 0. The smallest absolute Gasteiger partial charge is 0.122 e. The molecule has 0 saturated carbocycles. The Balaban J connectivity index is 0.00000196. The number of benzene rings is 1. The van der Waals surface area contributed by atoms with Crippen LogP contribution in [0.2, 0.25) is 0 Å². The van der Waals surface area contributed by atoms with Crippen LogP contribution in [0.1, 0.15) is 25.8 Å². The number of hydrogen-bond donors (Lipinski definition) is 0. The Hall–Kier alpha value is -0.312. The minimum Gasteiger partial charge on any atom is -0.744 e. The van der Waals surface area contributed by atoms with E-state index in [1.807, 2.05) is 13.8 Å². The molecule has 0 atom stereocenters. The van der Waals surface area contributed by atoms with Crippen LogP contribution in [0, 0.1) is 5.92 Å². The van der Waals surface area contributed by atoms with Crippen molar-refractivity contribution in [2.24, 2.45) is 0 Å². The summed E-state index contributed by atoms with van der Waals surface area (Å²) in [4.78, 5) is -0.176. The van der Waals surface area contributed by atoms with Crippen LogP contribution < -0.4 is 0 Å². The molecule has 1 rings (SSSR count). The summed E-state index contributed by atoms with van der Waals surface area (Å²) in [5.41, 5.74) is 0.972. The van der Waals surface area contributed by atoms with E-state index in [4.69, 9.17) is 0 Å². The zero-order valence-electron chi connectivity index (χ0n) is 8.56. The van der Waals surface area contributed by atoms with Crippen molar-refractivity contribution in [3.8, 4) is 0 Å². The Labute approximate surface area is 105 Å². The summed E-state index contributed by atoms with van der Waals surface area (Å²) in [7, 11) is -4.31. The molecule has 0 heterocycles. The quantitative estimate of drug-likeness (QED) is 0.580. The van der Waals surface area contributed by atoms with Gasteiger partial charge in [0.1, 0.15) is 10.1 Å². The van der Waals surface area contributed by atoms with Crippen molar-refractivity contribution >= 4 is 10.1 Å². The SMILES string of the molecule is CC[C-](C)c1ccc(S(=O)(=O)[O-])cc1.[W]. The Morgan fingerprint density at radius 2 is 1.73 bits per heavy atom. The van der Waals surface area contributed by atoms with Gasteiger partial charge in [-0.2, -0.15) is 23.6 Å². The second-order valence-corrected chi connectivity index (χ2v) is 4.49. The third-order valence-electron chi connectivity index (χ3n) is 2.17. The van der Waals surface area contributed by atoms with Gasteiger partial charge in [0.15, 0.2) is 0 Å². The van der Waals surface area contributed by atoms with Crippen LogP contribution in [-0.4, -0.2) is 13.0 Å². The van der Waals surface area contributed by atoms with E-state index in [-0.39, 0.29) is 26.0 Å². The summed E-state index contributed by atoms with van der Waals surface area (Å²) < 4.78 is 31.9. The van der Waals surface area contributed by atoms with Gasteiger partial charge in [0.2, 0.25) is 0 Å². The summed E-state index contributed by atoms with van der Waals surface area (Å²) in [5, 5.41) is 0. The second-order valence-electron chi connectivity index (χ2n) is 3.11. The summed E-state index contributed by atoms with van der Waals surface area (Å²) in [5.74, 6) is 1.17. The van der Waals surface area contributed by atoms with Crippen LogP contribution in [0.25, 0.3) is 0 Å². The molecule has 84 valence electrons. The summed E-state index contributed by atoms with van der Waals surface area (Å²) in [6.07, 6.45) is 0.906. The van der Waals surface area contributed by atoms with Crippen LogP contribution in [0.15, 0.2) is 29.2 Å². The molecule has 0 bridgehead atoms. The molecule has 0 radical (unpaired) electrons. The molecule has 0 spiro atoms. The second kappa shape index (κ2) is 5.69. The van der Waals surface area contributed by atoms with Crippen LogP contribution in [0.4, 0.5) is 0 Å². The molecule has 0 aliphatic carbocycles. The van der Waals surface area contributed by atoms with Gasteiger partial charge >= 0.3 is 0 Å². The first-order valence-electron chi connectivity index (χ1n) is 4.34. The molecular formula is C10H12O3SW-2. The van der Waals surface area contributed by atoms with Crippen molar-refractivity contribution in [2.75, 3.05) is 0 Å². The largest absolute Gasteiger partial charge is 0.744 e. The first-order valence-corrected chi connectivity index (χ1v) is 5.74.